The fourth-order valence-corrected chi connectivity index (χ4v) is 2.85. The van der Waals surface area contributed by atoms with Crippen molar-refractivity contribution in [1.29, 1.82) is 0 Å². The Hall–Kier alpha value is -3.84. The van der Waals surface area contributed by atoms with Crippen molar-refractivity contribution in [2.24, 2.45) is 0 Å². The molecule has 0 aliphatic rings. The van der Waals surface area contributed by atoms with Crippen molar-refractivity contribution in [2.45, 2.75) is 6.92 Å². The molecule has 1 aromatic heterocycles. The van der Waals surface area contributed by atoms with E-state index in [4.69, 9.17) is 16.5 Å². The van der Waals surface area contributed by atoms with Crippen LogP contribution in [0.1, 0.15) is 5.56 Å². The molecule has 0 saturated carbocycles. The summed E-state index contributed by atoms with van der Waals surface area (Å²) in [5.41, 5.74) is 4.48. The minimum atomic E-state index is 0.593. The Labute approximate surface area is 158 Å². The van der Waals surface area contributed by atoms with Crippen LogP contribution >= 0.6 is 0 Å². The molecule has 4 nitrogen and oxygen atoms in total. The van der Waals surface area contributed by atoms with Gasteiger partial charge in [0.05, 0.1) is 6.57 Å². The molecule has 0 saturated heterocycles. The Kier molecular flexibility index (Phi) is 4.42. The van der Waals surface area contributed by atoms with Crippen LogP contribution in [0.3, 0.4) is 0 Å². The molecule has 0 atom stereocenters. The van der Waals surface area contributed by atoms with Gasteiger partial charge in [-0.1, -0.05) is 78.9 Å². The van der Waals surface area contributed by atoms with Crippen LogP contribution in [0.2, 0.25) is 0 Å². The van der Waals surface area contributed by atoms with Crippen LogP contribution in [0.25, 0.3) is 39.0 Å². The molecular weight excluding hydrogens is 332 g/mol. The summed E-state index contributed by atoms with van der Waals surface area (Å²) in [6, 6.07) is 25.2. The molecule has 4 aromatic rings. The molecule has 0 unspecified atom stereocenters. The second-order valence-corrected chi connectivity index (χ2v) is 6.15. The molecule has 4 heteroatoms. The van der Waals surface area contributed by atoms with Crippen LogP contribution in [0, 0.1) is 13.5 Å². The predicted molar refractivity (Wildman–Crippen MR) is 107 cm³/mol. The number of aromatic nitrogens is 3. The smallest absolute Gasteiger partial charge is 0.187 e. The van der Waals surface area contributed by atoms with Gasteiger partial charge < -0.3 is 0 Å². The maximum atomic E-state index is 7.12. The Morgan fingerprint density at radius 3 is 1.81 bits per heavy atom. The van der Waals surface area contributed by atoms with Crippen molar-refractivity contribution in [3.63, 3.8) is 0 Å². The van der Waals surface area contributed by atoms with Crippen LogP contribution < -0.4 is 0 Å². The minimum absolute atomic E-state index is 0.593. The summed E-state index contributed by atoms with van der Waals surface area (Å²) >= 11 is 0. The number of benzene rings is 3. The SMILES string of the molecule is [C-]#[N+]c1ccc(-c2nc(-c3ccccc3)nc(-c3ccccc3C)n2)cc1. The molecule has 0 spiro atoms. The van der Waals surface area contributed by atoms with Crippen molar-refractivity contribution >= 4 is 5.69 Å². The molecule has 1 heterocycles. The van der Waals surface area contributed by atoms with E-state index in [0.717, 1.165) is 22.3 Å². The Balaban J connectivity index is 1.91. The highest BCUT2D eigenvalue weighted by Gasteiger charge is 2.13. The quantitative estimate of drug-likeness (QED) is 0.444. The minimum Gasteiger partial charge on any atom is -0.238 e. The van der Waals surface area contributed by atoms with E-state index in [0.29, 0.717) is 23.2 Å². The molecule has 0 fully saturated rings. The van der Waals surface area contributed by atoms with Crippen LogP contribution in [0.4, 0.5) is 5.69 Å². The van der Waals surface area contributed by atoms with Crippen molar-refractivity contribution in [1.82, 2.24) is 15.0 Å². The summed E-state index contributed by atoms with van der Waals surface area (Å²) in [7, 11) is 0. The van der Waals surface area contributed by atoms with Gasteiger partial charge in [0.25, 0.3) is 0 Å². The topological polar surface area (TPSA) is 43.0 Å². The molecule has 0 aliphatic heterocycles. The highest BCUT2D eigenvalue weighted by molar-refractivity contribution is 5.68. The van der Waals surface area contributed by atoms with E-state index in [1.807, 2.05) is 73.7 Å². The lowest BCUT2D eigenvalue weighted by Crippen LogP contribution is -2.00. The molecule has 128 valence electrons. The first-order valence-corrected chi connectivity index (χ1v) is 8.60. The van der Waals surface area contributed by atoms with Crippen molar-refractivity contribution in [2.75, 3.05) is 0 Å². The van der Waals surface area contributed by atoms with E-state index in [9.17, 15) is 0 Å². The second kappa shape index (κ2) is 7.19. The largest absolute Gasteiger partial charge is 0.238 e. The molecule has 0 radical (unpaired) electrons. The lowest BCUT2D eigenvalue weighted by atomic mass is 10.1. The van der Waals surface area contributed by atoms with E-state index in [1.54, 1.807) is 12.1 Å². The maximum absolute atomic E-state index is 7.12. The maximum Gasteiger partial charge on any atom is 0.187 e. The van der Waals surface area contributed by atoms with Crippen LogP contribution in [-0.2, 0) is 0 Å². The van der Waals surface area contributed by atoms with Crippen LogP contribution in [-0.4, -0.2) is 15.0 Å². The average Bonchev–Trinajstić information content (AvgIpc) is 2.74. The molecule has 0 bridgehead atoms. The summed E-state index contributed by atoms with van der Waals surface area (Å²) in [6.07, 6.45) is 0. The third-order valence-electron chi connectivity index (χ3n) is 4.31. The summed E-state index contributed by atoms with van der Waals surface area (Å²) < 4.78 is 0. The van der Waals surface area contributed by atoms with Gasteiger partial charge in [0.1, 0.15) is 0 Å². The number of nitrogens with zero attached hydrogens (tertiary/aromatic N) is 4. The summed E-state index contributed by atoms with van der Waals surface area (Å²) in [5.74, 6) is 1.87. The first-order chi connectivity index (χ1) is 13.2. The highest BCUT2D eigenvalue weighted by Crippen LogP contribution is 2.27. The first-order valence-electron chi connectivity index (χ1n) is 8.60. The van der Waals surface area contributed by atoms with E-state index in [1.165, 1.54) is 0 Å². The zero-order valence-corrected chi connectivity index (χ0v) is 14.8. The van der Waals surface area contributed by atoms with Gasteiger partial charge in [0, 0.05) is 16.7 Å². The van der Waals surface area contributed by atoms with Gasteiger partial charge >= 0.3 is 0 Å². The number of rotatable bonds is 3. The van der Waals surface area contributed by atoms with Crippen molar-refractivity contribution in [3.8, 4) is 34.2 Å². The van der Waals surface area contributed by atoms with Gasteiger partial charge in [-0.3, -0.25) is 0 Å². The molecule has 0 amide bonds. The Morgan fingerprint density at radius 1 is 0.630 bits per heavy atom. The average molecular weight is 348 g/mol. The monoisotopic (exact) mass is 348 g/mol. The molecule has 27 heavy (non-hydrogen) atoms. The zero-order valence-electron chi connectivity index (χ0n) is 14.8. The lowest BCUT2D eigenvalue weighted by molar-refractivity contribution is 1.07. The second-order valence-electron chi connectivity index (χ2n) is 6.15. The van der Waals surface area contributed by atoms with E-state index < -0.39 is 0 Å². The fourth-order valence-electron chi connectivity index (χ4n) is 2.85. The number of aryl methyl sites for hydroxylation is 1. The van der Waals surface area contributed by atoms with Gasteiger partial charge in [0.15, 0.2) is 23.2 Å². The van der Waals surface area contributed by atoms with Crippen molar-refractivity contribution in [3.05, 3.63) is 95.8 Å². The Morgan fingerprint density at radius 2 is 1.19 bits per heavy atom. The Bertz CT molecular complexity index is 1130. The standard InChI is InChI=1S/C23H16N4/c1-16-8-6-7-11-20(16)23-26-21(17-9-4-3-5-10-17)25-22(27-23)18-12-14-19(24-2)15-13-18/h3-15H,1H3. The highest BCUT2D eigenvalue weighted by atomic mass is 15.0. The molecule has 4 rings (SSSR count). The predicted octanol–water partition coefficient (Wildman–Crippen LogP) is 5.73. The van der Waals surface area contributed by atoms with Gasteiger partial charge in [-0.05, 0) is 12.5 Å². The van der Waals surface area contributed by atoms with Gasteiger partial charge in [-0.2, -0.15) is 0 Å². The van der Waals surface area contributed by atoms with Crippen molar-refractivity contribution < 1.29 is 0 Å². The van der Waals surface area contributed by atoms with Gasteiger partial charge in [-0.15, -0.1) is 0 Å². The van der Waals surface area contributed by atoms with Gasteiger partial charge in [0.2, 0.25) is 0 Å². The normalized spacial score (nSPS) is 10.4. The van der Waals surface area contributed by atoms with E-state index in [2.05, 4.69) is 9.83 Å². The third-order valence-corrected chi connectivity index (χ3v) is 4.31. The van der Waals surface area contributed by atoms with Gasteiger partial charge in [-0.25, -0.2) is 19.8 Å². The zero-order chi connectivity index (χ0) is 18.6. The number of hydrogen-bond donors (Lipinski definition) is 0. The first kappa shape index (κ1) is 16.6. The molecule has 0 aliphatic carbocycles. The van der Waals surface area contributed by atoms with E-state index in [-0.39, 0.29) is 0 Å². The van der Waals surface area contributed by atoms with Crippen LogP contribution in [0.15, 0.2) is 78.9 Å². The lowest BCUT2D eigenvalue weighted by Gasteiger charge is -2.09. The molecule has 3 aromatic carbocycles. The van der Waals surface area contributed by atoms with E-state index >= 15 is 0 Å². The molecule has 0 N–H and O–H groups in total. The fraction of sp³-hybridized carbons (Fsp3) is 0.0435. The molecular formula is C23H16N4. The summed E-state index contributed by atoms with van der Waals surface area (Å²) in [5, 5.41) is 0. The summed E-state index contributed by atoms with van der Waals surface area (Å²) in [4.78, 5) is 17.6. The van der Waals surface area contributed by atoms with Crippen LogP contribution in [0.5, 0.6) is 0 Å². The number of hydrogen-bond acceptors (Lipinski definition) is 3. The third kappa shape index (κ3) is 3.44. The summed E-state index contributed by atoms with van der Waals surface area (Å²) in [6.45, 7) is 9.17.